The Kier molecular flexibility index (Phi) is 8.53. The summed E-state index contributed by atoms with van der Waals surface area (Å²) in [7, 11) is 1.61. The second-order valence-electron chi connectivity index (χ2n) is 7.47. The van der Waals surface area contributed by atoms with Crippen molar-refractivity contribution in [2.75, 3.05) is 7.11 Å². The number of carbonyl (C=O) groups excluding carboxylic acids is 2. The molecule has 3 atom stereocenters. The highest BCUT2D eigenvalue weighted by molar-refractivity contribution is 7.09. The summed E-state index contributed by atoms with van der Waals surface area (Å²) >= 11 is 1.37. The number of aliphatic hydroxyl groups excluding tert-OH is 2. The van der Waals surface area contributed by atoms with Gasteiger partial charge in [0.05, 0.1) is 25.4 Å². The molecule has 0 spiro atoms. The molecule has 3 rings (SSSR count). The van der Waals surface area contributed by atoms with Crippen LogP contribution in [0.4, 0.5) is 0 Å². The lowest BCUT2D eigenvalue weighted by Gasteiger charge is -2.20. The molecule has 0 unspecified atom stereocenters. The molecular weight excluding hydrogens is 442 g/mol. The highest BCUT2D eigenvalue weighted by atomic mass is 32.1. The topological polar surface area (TPSA) is 121 Å². The number of amides is 2. The van der Waals surface area contributed by atoms with Gasteiger partial charge in [-0.3, -0.25) is 9.59 Å². The Morgan fingerprint density at radius 2 is 1.70 bits per heavy atom. The summed E-state index contributed by atoms with van der Waals surface area (Å²) in [5, 5.41) is 27.9. The third-order valence-corrected chi connectivity index (χ3v) is 5.97. The van der Waals surface area contributed by atoms with E-state index in [0.717, 1.165) is 22.6 Å². The van der Waals surface area contributed by atoms with E-state index in [4.69, 9.17) is 4.74 Å². The fourth-order valence-corrected chi connectivity index (χ4v) is 3.97. The van der Waals surface area contributed by atoms with Crippen LogP contribution in [0.25, 0.3) is 0 Å². The summed E-state index contributed by atoms with van der Waals surface area (Å²) in [5.74, 6) is -0.911. The molecule has 1 heterocycles. The zero-order chi connectivity index (χ0) is 23.8. The quantitative estimate of drug-likeness (QED) is 0.360. The van der Waals surface area contributed by atoms with Crippen molar-refractivity contribution in [2.24, 2.45) is 0 Å². The number of carbonyl (C=O) groups is 2. The summed E-state index contributed by atoms with van der Waals surface area (Å²) in [4.78, 5) is 29.0. The Balaban J connectivity index is 1.50. The van der Waals surface area contributed by atoms with Gasteiger partial charge in [-0.2, -0.15) is 0 Å². The van der Waals surface area contributed by atoms with Crippen LogP contribution in [0.2, 0.25) is 0 Å². The van der Waals surface area contributed by atoms with Crippen LogP contribution in [0.3, 0.4) is 0 Å². The average Bonchev–Trinajstić information content (AvgIpc) is 3.29. The van der Waals surface area contributed by atoms with E-state index in [1.807, 2.05) is 60.0 Å². The summed E-state index contributed by atoms with van der Waals surface area (Å²) in [5.41, 5.74) is 2.66. The largest absolute Gasteiger partial charge is 0.496 e. The Hall–Kier alpha value is -3.27. The van der Waals surface area contributed by atoms with E-state index < -0.39 is 24.0 Å². The SMILES string of the molecule is COc1ccccc1Cc1csc(CNC(=O)[C@H](O)[C@@H](O)C(=O)N[C@H](C)c2ccccc2)n1. The van der Waals surface area contributed by atoms with Crippen molar-refractivity contribution >= 4 is 23.2 Å². The van der Waals surface area contributed by atoms with Gasteiger partial charge in [0.15, 0.2) is 12.2 Å². The first kappa shape index (κ1) is 24.4. The van der Waals surface area contributed by atoms with Crippen molar-refractivity contribution in [1.29, 1.82) is 0 Å². The lowest BCUT2D eigenvalue weighted by Crippen LogP contribution is -2.49. The van der Waals surface area contributed by atoms with Crippen LogP contribution in [0.1, 0.15) is 34.8 Å². The lowest BCUT2D eigenvalue weighted by molar-refractivity contribution is -0.146. The molecule has 0 saturated heterocycles. The van der Waals surface area contributed by atoms with Crippen LogP contribution in [0.15, 0.2) is 60.0 Å². The molecule has 0 radical (unpaired) electrons. The van der Waals surface area contributed by atoms with Gasteiger partial charge in [-0.25, -0.2) is 4.98 Å². The number of hydrogen-bond donors (Lipinski definition) is 4. The van der Waals surface area contributed by atoms with E-state index in [9.17, 15) is 19.8 Å². The van der Waals surface area contributed by atoms with Gasteiger partial charge in [0.25, 0.3) is 11.8 Å². The molecule has 2 amide bonds. The predicted molar refractivity (Wildman–Crippen MR) is 125 cm³/mol. The molecular formula is C24H27N3O5S. The van der Waals surface area contributed by atoms with Crippen molar-refractivity contribution in [3.8, 4) is 5.75 Å². The third-order valence-electron chi connectivity index (χ3n) is 5.07. The number of aromatic nitrogens is 1. The van der Waals surface area contributed by atoms with Gasteiger partial charge >= 0.3 is 0 Å². The summed E-state index contributed by atoms with van der Waals surface area (Å²) in [6.45, 7) is 1.82. The summed E-state index contributed by atoms with van der Waals surface area (Å²) in [6.07, 6.45) is -3.22. The maximum atomic E-state index is 12.3. The average molecular weight is 470 g/mol. The molecule has 0 bridgehead atoms. The number of methoxy groups -OCH3 is 1. The monoisotopic (exact) mass is 469 g/mol. The van der Waals surface area contributed by atoms with Crippen LogP contribution >= 0.6 is 11.3 Å². The normalized spacial score (nSPS) is 13.6. The second kappa shape index (κ2) is 11.6. The highest BCUT2D eigenvalue weighted by Crippen LogP contribution is 2.22. The minimum Gasteiger partial charge on any atom is -0.496 e. The Morgan fingerprint density at radius 1 is 1.03 bits per heavy atom. The molecule has 0 aliphatic rings. The van der Waals surface area contributed by atoms with Gasteiger partial charge in [-0.05, 0) is 18.6 Å². The molecule has 9 heteroatoms. The number of nitrogens with zero attached hydrogens (tertiary/aromatic N) is 1. The van der Waals surface area contributed by atoms with Crippen LogP contribution in [-0.4, -0.2) is 46.3 Å². The van der Waals surface area contributed by atoms with Crippen molar-refractivity contribution in [3.63, 3.8) is 0 Å². The molecule has 1 aromatic heterocycles. The molecule has 174 valence electrons. The van der Waals surface area contributed by atoms with Gasteiger partial charge in [0.1, 0.15) is 10.8 Å². The maximum Gasteiger partial charge on any atom is 0.252 e. The number of para-hydroxylation sites is 1. The first-order valence-electron chi connectivity index (χ1n) is 10.4. The van der Waals surface area contributed by atoms with E-state index >= 15 is 0 Å². The predicted octanol–water partition coefficient (Wildman–Crippen LogP) is 1.96. The van der Waals surface area contributed by atoms with Gasteiger partial charge in [0.2, 0.25) is 0 Å². The molecule has 0 aliphatic heterocycles. The number of thiazole rings is 1. The Bertz CT molecular complexity index is 1070. The smallest absolute Gasteiger partial charge is 0.252 e. The van der Waals surface area contributed by atoms with Crippen molar-refractivity contribution in [2.45, 2.75) is 38.1 Å². The fourth-order valence-electron chi connectivity index (χ4n) is 3.23. The molecule has 3 aromatic rings. The molecule has 0 saturated carbocycles. The minimum atomic E-state index is -1.90. The van der Waals surface area contributed by atoms with Crippen LogP contribution in [0.5, 0.6) is 5.75 Å². The van der Waals surface area contributed by atoms with Gasteiger partial charge < -0.3 is 25.6 Å². The Labute approximate surface area is 196 Å². The zero-order valence-electron chi connectivity index (χ0n) is 18.4. The number of hydrogen-bond acceptors (Lipinski definition) is 7. The second-order valence-corrected chi connectivity index (χ2v) is 8.41. The van der Waals surface area contributed by atoms with Crippen molar-refractivity contribution < 1.29 is 24.5 Å². The molecule has 0 fully saturated rings. The molecule has 33 heavy (non-hydrogen) atoms. The molecule has 2 aromatic carbocycles. The number of aliphatic hydroxyl groups is 2. The lowest BCUT2D eigenvalue weighted by atomic mass is 10.1. The number of benzene rings is 2. The first-order valence-corrected chi connectivity index (χ1v) is 11.3. The van der Waals surface area contributed by atoms with Gasteiger partial charge in [0, 0.05) is 17.4 Å². The zero-order valence-corrected chi connectivity index (χ0v) is 19.2. The molecule has 8 nitrogen and oxygen atoms in total. The van der Waals surface area contributed by atoms with Gasteiger partial charge in [-0.15, -0.1) is 11.3 Å². The van der Waals surface area contributed by atoms with E-state index in [1.165, 1.54) is 11.3 Å². The van der Waals surface area contributed by atoms with E-state index in [2.05, 4.69) is 15.6 Å². The van der Waals surface area contributed by atoms with E-state index in [-0.39, 0.29) is 12.6 Å². The van der Waals surface area contributed by atoms with Gasteiger partial charge in [-0.1, -0.05) is 48.5 Å². The Morgan fingerprint density at radius 3 is 2.42 bits per heavy atom. The summed E-state index contributed by atoms with van der Waals surface area (Å²) < 4.78 is 5.35. The molecule has 4 N–H and O–H groups in total. The summed E-state index contributed by atoms with van der Waals surface area (Å²) in [6, 6.07) is 16.4. The standard InChI is InChI=1S/C24H27N3O5S/c1-15(16-8-4-3-5-9-16)26-24(31)22(29)21(28)23(30)25-13-20-27-18(14-33-20)12-17-10-6-7-11-19(17)32-2/h3-11,14-15,21-22,28-29H,12-13H2,1-2H3,(H,25,30)(H,26,31)/t15-,21-,22-/m1/s1. The number of nitrogens with one attached hydrogen (secondary N) is 2. The first-order chi connectivity index (χ1) is 15.9. The number of ether oxygens (including phenoxy) is 1. The van der Waals surface area contributed by atoms with Crippen LogP contribution < -0.4 is 15.4 Å². The fraction of sp³-hybridized carbons (Fsp3) is 0.292. The third kappa shape index (κ3) is 6.61. The van der Waals surface area contributed by atoms with Crippen molar-refractivity contribution in [1.82, 2.24) is 15.6 Å². The maximum absolute atomic E-state index is 12.3. The minimum absolute atomic E-state index is 0.0707. The molecule has 0 aliphatic carbocycles. The number of rotatable bonds is 10. The van der Waals surface area contributed by atoms with Crippen LogP contribution in [0, 0.1) is 0 Å². The van der Waals surface area contributed by atoms with E-state index in [0.29, 0.717) is 11.4 Å². The van der Waals surface area contributed by atoms with Crippen molar-refractivity contribution in [3.05, 3.63) is 81.8 Å². The van der Waals surface area contributed by atoms with Crippen LogP contribution in [-0.2, 0) is 22.6 Å². The van der Waals surface area contributed by atoms with E-state index in [1.54, 1.807) is 14.0 Å². The highest BCUT2D eigenvalue weighted by Gasteiger charge is 2.31.